The highest BCUT2D eigenvalue weighted by molar-refractivity contribution is 5.82. The summed E-state index contributed by atoms with van der Waals surface area (Å²) < 4.78 is 46.9. The molecule has 3 aromatic rings. The van der Waals surface area contributed by atoms with Crippen LogP contribution in [0.2, 0.25) is 0 Å². The molecule has 0 radical (unpaired) electrons. The molecule has 2 aromatic carbocycles. The van der Waals surface area contributed by atoms with Gasteiger partial charge < -0.3 is 10.5 Å². The topological polar surface area (TPSA) is 53.1 Å². The third kappa shape index (κ3) is 2.06. The molecule has 0 aliphatic carbocycles. The van der Waals surface area contributed by atoms with Gasteiger partial charge >= 0.3 is 0 Å². The van der Waals surface area contributed by atoms with Crippen molar-refractivity contribution in [1.29, 1.82) is 0 Å². The molecule has 7 heteroatoms. The van der Waals surface area contributed by atoms with Crippen LogP contribution in [0.1, 0.15) is 0 Å². The smallest absolute Gasteiger partial charge is 0.206 e. The third-order valence-corrected chi connectivity index (χ3v) is 3.10. The molecule has 0 aliphatic heterocycles. The van der Waals surface area contributed by atoms with E-state index in [9.17, 15) is 13.2 Å². The third-order valence-electron chi connectivity index (χ3n) is 3.10. The Balaban J connectivity index is 2.36. The van der Waals surface area contributed by atoms with Crippen LogP contribution in [-0.4, -0.2) is 16.7 Å². The van der Waals surface area contributed by atoms with Crippen LogP contribution in [0.25, 0.3) is 16.7 Å². The van der Waals surface area contributed by atoms with Gasteiger partial charge in [0.2, 0.25) is 5.95 Å². The Morgan fingerprint density at radius 2 is 1.90 bits per heavy atom. The zero-order valence-corrected chi connectivity index (χ0v) is 10.9. The van der Waals surface area contributed by atoms with Crippen molar-refractivity contribution in [2.24, 2.45) is 0 Å². The fourth-order valence-corrected chi connectivity index (χ4v) is 2.16. The van der Waals surface area contributed by atoms with Gasteiger partial charge in [-0.15, -0.1) is 0 Å². The quantitative estimate of drug-likeness (QED) is 0.739. The molecular formula is C14H10F3N3O. The number of aromatic nitrogens is 2. The first-order valence-corrected chi connectivity index (χ1v) is 5.98. The standard InChI is InChI=1S/C14H10F3N3O/c1-21-8-2-3-10-11(6-8)20(14(18)19-10)12-5-7(15)4-9(16)13(12)17/h2-6H,1H3,(H2,18,19). The van der Waals surface area contributed by atoms with Crippen LogP contribution in [0, 0.1) is 17.5 Å². The first-order valence-electron chi connectivity index (χ1n) is 5.98. The Morgan fingerprint density at radius 1 is 1.14 bits per heavy atom. The molecule has 0 fully saturated rings. The number of hydrogen-bond acceptors (Lipinski definition) is 3. The minimum atomic E-state index is -1.30. The molecule has 108 valence electrons. The van der Waals surface area contributed by atoms with Crippen LogP contribution in [0.15, 0.2) is 30.3 Å². The van der Waals surface area contributed by atoms with E-state index in [-0.39, 0.29) is 11.6 Å². The lowest BCUT2D eigenvalue weighted by Crippen LogP contribution is -2.05. The average Bonchev–Trinajstić information content (AvgIpc) is 2.77. The Bertz CT molecular complexity index is 845. The number of anilines is 1. The van der Waals surface area contributed by atoms with Gasteiger partial charge in [-0.05, 0) is 12.1 Å². The van der Waals surface area contributed by atoms with E-state index >= 15 is 0 Å². The molecule has 0 bridgehead atoms. The van der Waals surface area contributed by atoms with Gasteiger partial charge in [0.15, 0.2) is 11.6 Å². The van der Waals surface area contributed by atoms with Gasteiger partial charge in [-0.2, -0.15) is 0 Å². The molecule has 0 atom stereocenters. The maximum absolute atomic E-state index is 14.0. The number of nitrogens with two attached hydrogens (primary N) is 1. The summed E-state index contributed by atoms with van der Waals surface area (Å²) in [5.74, 6) is -3.00. The first-order chi connectivity index (χ1) is 10.0. The predicted octanol–water partition coefficient (Wildman–Crippen LogP) is 3.03. The van der Waals surface area contributed by atoms with Crippen molar-refractivity contribution in [2.45, 2.75) is 0 Å². The minimum absolute atomic E-state index is 0.0813. The monoisotopic (exact) mass is 293 g/mol. The summed E-state index contributed by atoms with van der Waals surface area (Å²) in [6.07, 6.45) is 0. The van der Waals surface area contributed by atoms with Gasteiger partial charge in [0.25, 0.3) is 0 Å². The number of imidazole rings is 1. The average molecular weight is 293 g/mol. The molecule has 1 heterocycles. The molecule has 0 spiro atoms. The highest BCUT2D eigenvalue weighted by Gasteiger charge is 2.18. The largest absolute Gasteiger partial charge is 0.497 e. The van der Waals surface area contributed by atoms with Crippen molar-refractivity contribution in [3.63, 3.8) is 0 Å². The molecule has 0 aliphatic rings. The van der Waals surface area contributed by atoms with Crippen molar-refractivity contribution in [3.8, 4) is 11.4 Å². The number of hydrogen-bond donors (Lipinski definition) is 1. The highest BCUT2D eigenvalue weighted by Crippen LogP contribution is 2.29. The van der Waals surface area contributed by atoms with Crippen LogP contribution < -0.4 is 10.5 Å². The summed E-state index contributed by atoms with van der Waals surface area (Å²) in [6, 6.07) is 6.15. The number of benzene rings is 2. The second-order valence-electron chi connectivity index (χ2n) is 4.38. The molecule has 4 nitrogen and oxygen atoms in total. The summed E-state index contributed by atoms with van der Waals surface area (Å²) in [7, 11) is 1.47. The summed E-state index contributed by atoms with van der Waals surface area (Å²) in [5.41, 5.74) is 6.24. The van der Waals surface area contributed by atoms with Gasteiger partial charge in [-0.25, -0.2) is 18.2 Å². The molecule has 2 N–H and O–H groups in total. The van der Waals surface area contributed by atoms with E-state index in [1.165, 1.54) is 7.11 Å². The Labute approximate surface area is 117 Å². The van der Waals surface area contributed by atoms with Crippen molar-refractivity contribution in [2.75, 3.05) is 12.8 Å². The van der Waals surface area contributed by atoms with E-state index in [1.54, 1.807) is 18.2 Å². The Morgan fingerprint density at radius 3 is 2.62 bits per heavy atom. The van der Waals surface area contributed by atoms with E-state index in [0.717, 1.165) is 10.6 Å². The fraction of sp³-hybridized carbons (Fsp3) is 0.0714. The maximum Gasteiger partial charge on any atom is 0.206 e. The number of nitrogen functional groups attached to an aromatic ring is 1. The molecule has 0 amide bonds. The second kappa shape index (κ2) is 4.69. The summed E-state index contributed by atoms with van der Waals surface area (Å²) in [6.45, 7) is 0. The second-order valence-corrected chi connectivity index (χ2v) is 4.38. The van der Waals surface area contributed by atoms with Gasteiger partial charge in [-0.3, -0.25) is 4.57 Å². The van der Waals surface area contributed by atoms with Crippen LogP contribution in [0.4, 0.5) is 19.1 Å². The Kier molecular flexibility index (Phi) is 2.97. The van der Waals surface area contributed by atoms with Crippen molar-refractivity contribution < 1.29 is 17.9 Å². The van der Waals surface area contributed by atoms with Crippen molar-refractivity contribution in [1.82, 2.24) is 9.55 Å². The summed E-state index contributed by atoms with van der Waals surface area (Å²) in [4.78, 5) is 4.04. The number of rotatable bonds is 2. The van der Waals surface area contributed by atoms with E-state index in [1.807, 2.05) is 0 Å². The lowest BCUT2D eigenvalue weighted by Gasteiger charge is -2.09. The number of ether oxygens (including phenoxy) is 1. The minimum Gasteiger partial charge on any atom is -0.497 e. The van der Waals surface area contributed by atoms with Crippen LogP contribution in [0.5, 0.6) is 5.75 Å². The molecule has 1 aromatic heterocycles. The predicted molar refractivity (Wildman–Crippen MR) is 71.9 cm³/mol. The Hall–Kier alpha value is -2.70. The van der Waals surface area contributed by atoms with Crippen LogP contribution in [0.3, 0.4) is 0 Å². The molecule has 0 unspecified atom stereocenters. The summed E-state index contributed by atoms with van der Waals surface area (Å²) in [5, 5.41) is 0. The molecule has 21 heavy (non-hydrogen) atoms. The van der Waals surface area contributed by atoms with Crippen LogP contribution >= 0.6 is 0 Å². The van der Waals surface area contributed by atoms with Crippen LogP contribution in [-0.2, 0) is 0 Å². The van der Waals surface area contributed by atoms with Gasteiger partial charge in [0.05, 0.1) is 23.8 Å². The number of methoxy groups -OCH3 is 1. The van der Waals surface area contributed by atoms with E-state index < -0.39 is 17.5 Å². The molecule has 0 saturated heterocycles. The molecular weight excluding hydrogens is 283 g/mol. The van der Waals surface area contributed by atoms with Gasteiger partial charge in [-0.1, -0.05) is 0 Å². The zero-order chi connectivity index (χ0) is 15.1. The summed E-state index contributed by atoms with van der Waals surface area (Å²) >= 11 is 0. The van der Waals surface area contributed by atoms with Gasteiger partial charge in [0.1, 0.15) is 11.6 Å². The fourth-order valence-electron chi connectivity index (χ4n) is 2.16. The lowest BCUT2D eigenvalue weighted by molar-refractivity contribution is 0.415. The SMILES string of the molecule is COc1ccc2nc(N)n(-c3cc(F)cc(F)c3F)c2c1. The normalized spacial score (nSPS) is 11.0. The lowest BCUT2D eigenvalue weighted by atomic mass is 10.2. The van der Waals surface area contributed by atoms with E-state index in [2.05, 4.69) is 4.98 Å². The molecule has 0 saturated carbocycles. The zero-order valence-electron chi connectivity index (χ0n) is 10.9. The van der Waals surface area contributed by atoms with E-state index in [0.29, 0.717) is 22.8 Å². The molecule has 3 rings (SSSR count). The van der Waals surface area contributed by atoms with Gasteiger partial charge in [0, 0.05) is 18.2 Å². The van der Waals surface area contributed by atoms with Crippen molar-refractivity contribution in [3.05, 3.63) is 47.8 Å². The number of nitrogens with zero attached hydrogens (tertiary/aromatic N) is 2. The highest BCUT2D eigenvalue weighted by atomic mass is 19.2. The maximum atomic E-state index is 14.0. The van der Waals surface area contributed by atoms with Crippen molar-refractivity contribution >= 4 is 17.0 Å². The number of halogens is 3. The van der Waals surface area contributed by atoms with E-state index in [4.69, 9.17) is 10.5 Å². The first kappa shape index (κ1) is 13.3. The number of fused-ring (bicyclic) bond motifs is 1.